The zero-order chi connectivity index (χ0) is 18.8. The summed E-state index contributed by atoms with van der Waals surface area (Å²) in [6.07, 6.45) is 0. The van der Waals surface area contributed by atoms with Gasteiger partial charge >= 0.3 is 11.8 Å². The van der Waals surface area contributed by atoms with Gasteiger partial charge in [0.25, 0.3) is 0 Å². The molecule has 2 N–H and O–H groups in total. The largest absolute Gasteiger partial charge is 0.497 e. The van der Waals surface area contributed by atoms with Crippen LogP contribution in [-0.4, -0.2) is 32.1 Å². The molecule has 26 heavy (non-hydrogen) atoms. The van der Waals surface area contributed by atoms with Gasteiger partial charge in [-0.1, -0.05) is 0 Å². The summed E-state index contributed by atoms with van der Waals surface area (Å²) in [5, 5.41) is 15.5. The highest BCUT2D eigenvalue weighted by Crippen LogP contribution is 2.19. The van der Waals surface area contributed by atoms with Crippen LogP contribution >= 0.6 is 11.8 Å². The van der Waals surface area contributed by atoms with Crippen LogP contribution in [0.15, 0.2) is 53.4 Å². The van der Waals surface area contributed by atoms with Gasteiger partial charge in [-0.2, -0.15) is 5.26 Å². The number of nitrogens with one attached hydrogen (secondary N) is 2. The van der Waals surface area contributed by atoms with Crippen LogP contribution < -0.4 is 20.1 Å². The van der Waals surface area contributed by atoms with Crippen molar-refractivity contribution in [2.45, 2.75) is 4.90 Å². The van der Waals surface area contributed by atoms with Gasteiger partial charge in [0, 0.05) is 10.6 Å². The summed E-state index contributed by atoms with van der Waals surface area (Å²) < 4.78 is 10.5. The van der Waals surface area contributed by atoms with Gasteiger partial charge in [-0.25, -0.2) is 0 Å². The van der Waals surface area contributed by atoms with E-state index < -0.39 is 11.8 Å². The highest BCUT2D eigenvalue weighted by Gasteiger charge is 2.13. The molecule has 8 heteroatoms. The standard InChI is InChI=1S/C18H17N3O4S/c1-24-14-4-6-15(7-5-14)25-11-10-20-17(22)18(23)21-13-2-8-16(9-3-13)26-12-19/h2-9H,10-11H2,1H3,(H,20,22)(H,21,23). The summed E-state index contributed by atoms with van der Waals surface area (Å²) in [6, 6.07) is 13.6. The molecule has 0 unspecified atom stereocenters. The number of nitriles is 1. The zero-order valence-electron chi connectivity index (χ0n) is 14.0. The SMILES string of the molecule is COc1ccc(OCCNC(=O)C(=O)Nc2ccc(SC#N)cc2)cc1. The number of thiocyanates is 1. The number of benzene rings is 2. The Morgan fingerprint density at radius 2 is 1.69 bits per heavy atom. The van der Waals surface area contributed by atoms with E-state index in [1.807, 2.05) is 5.40 Å². The molecule has 2 aromatic rings. The van der Waals surface area contributed by atoms with Crippen molar-refractivity contribution < 1.29 is 19.1 Å². The molecule has 0 saturated heterocycles. The van der Waals surface area contributed by atoms with Crippen LogP contribution in [0, 0.1) is 10.7 Å². The fourth-order valence-electron chi connectivity index (χ4n) is 1.93. The monoisotopic (exact) mass is 371 g/mol. The van der Waals surface area contributed by atoms with Crippen molar-refractivity contribution in [2.75, 3.05) is 25.6 Å². The molecule has 0 aromatic heterocycles. The molecule has 2 aromatic carbocycles. The Hall–Kier alpha value is -3.18. The van der Waals surface area contributed by atoms with Gasteiger partial charge in [0.1, 0.15) is 23.5 Å². The summed E-state index contributed by atoms with van der Waals surface area (Å²) in [6.45, 7) is 0.418. The Balaban J connectivity index is 1.71. The Morgan fingerprint density at radius 1 is 1.04 bits per heavy atom. The molecular formula is C18H17N3O4S. The first-order chi connectivity index (χ1) is 12.6. The van der Waals surface area contributed by atoms with Crippen molar-refractivity contribution in [3.8, 4) is 16.9 Å². The van der Waals surface area contributed by atoms with Crippen molar-refractivity contribution in [1.29, 1.82) is 5.26 Å². The Labute approximate surface area is 155 Å². The number of amides is 2. The first kappa shape index (κ1) is 19.1. The van der Waals surface area contributed by atoms with E-state index in [-0.39, 0.29) is 13.2 Å². The van der Waals surface area contributed by atoms with E-state index in [0.717, 1.165) is 22.4 Å². The summed E-state index contributed by atoms with van der Waals surface area (Å²) in [7, 11) is 1.58. The molecule has 7 nitrogen and oxygen atoms in total. The van der Waals surface area contributed by atoms with E-state index in [4.69, 9.17) is 14.7 Å². The average Bonchev–Trinajstić information content (AvgIpc) is 2.67. The number of methoxy groups -OCH3 is 1. The normalized spacial score (nSPS) is 9.69. The van der Waals surface area contributed by atoms with E-state index in [9.17, 15) is 9.59 Å². The Kier molecular flexibility index (Phi) is 7.33. The minimum absolute atomic E-state index is 0.191. The fraction of sp³-hybridized carbons (Fsp3) is 0.167. The van der Waals surface area contributed by atoms with E-state index >= 15 is 0 Å². The number of rotatable bonds is 7. The third kappa shape index (κ3) is 6.03. The van der Waals surface area contributed by atoms with Gasteiger partial charge in [0.15, 0.2) is 0 Å². The van der Waals surface area contributed by atoms with Crippen LogP contribution in [0.4, 0.5) is 5.69 Å². The lowest BCUT2D eigenvalue weighted by Crippen LogP contribution is -2.37. The number of nitrogens with zero attached hydrogens (tertiary/aromatic N) is 1. The number of anilines is 1. The summed E-state index contributed by atoms with van der Waals surface area (Å²) >= 11 is 1.02. The number of hydrogen-bond acceptors (Lipinski definition) is 6. The number of ether oxygens (including phenoxy) is 2. The third-order valence-corrected chi connectivity index (χ3v) is 3.80. The molecule has 134 valence electrons. The summed E-state index contributed by atoms with van der Waals surface area (Å²) in [5.74, 6) is -0.157. The highest BCUT2D eigenvalue weighted by atomic mass is 32.2. The molecule has 0 aliphatic rings. The van der Waals surface area contributed by atoms with Gasteiger partial charge in [-0.15, -0.1) is 0 Å². The fourth-order valence-corrected chi connectivity index (χ4v) is 2.31. The van der Waals surface area contributed by atoms with Gasteiger partial charge in [0.2, 0.25) is 0 Å². The topological polar surface area (TPSA) is 100 Å². The minimum Gasteiger partial charge on any atom is -0.497 e. The molecule has 0 saturated carbocycles. The van der Waals surface area contributed by atoms with E-state index in [2.05, 4.69) is 10.6 Å². The van der Waals surface area contributed by atoms with Crippen molar-refractivity contribution in [1.82, 2.24) is 5.32 Å². The number of thioether (sulfide) groups is 1. The maximum Gasteiger partial charge on any atom is 0.313 e. The number of hydrogen-bond donors (Lipinski definition) is 2. The molecule has 2 amide bonds. The molecule has 0 bridgehead atoms. The van der Waals surface area contributed by atoms with Crippen molar-refractivity contribution >= 4 is 29.3 Å². The van der Waals surface area contributed by atoms with Crippen molar-refractivity contribution in [3.05, 3.63) is 48.5 Å². The maximum absolute atomic E-state index is 11.8. The number of carbonyl (C=O) groups excluding carboxylic acids is 2. The smallest absolute Gasteiger partial charge is 0.313 e. The van der Waals surface area contributed by atoms with Gasteiger partial charge in [0.05, 0.1) is 13.7 Å². The number of carbonyl (C=O) groups is 2. The molecule has 0 aliphatic heterocycles. The van der Waals surface area contributed by atoms with Crippen LogP contribution in [0.1, 0.15) is 0 Å². The van der Waals surface area contributed by atoms with Crippen molar-refractivity contribution in [3.63, 3.8) is 0 Å². The van der Waals surface area contributed by atoms with Gasteiger partial charge in [-0.05, 0) is 60.3 Å². The van der Waals surface area contributed by atoms with Crippen LogP contribution in [0.25, 0.3) is 0 Å². The first-order valence-electron chi connectivity index (χ1n) is 7.64. The molecule has 0 atom stereocenters. The Morgan fingerprint density at radius 3 is 2.31 bits per heavy atom. The lowest BCUT2D eigenvalue weighted by Gasteiger charge is -2.09. The van der Waals surface area contributed by atoms with Crippen LogP contribution in [0.3, 0.4) is 0 Å². The molecule has 2 rings (SSSR count). The predicted octanol–water partition coefficient (Wildman–Crippen LogP) is 2.40. The highest BCUT2D eigenvalue weighted by molar-refractivity contribution is 8.03. The lowest BCUT2D eigenvalue weighted by molar-refractivity contribution is -0.136. The lowest BCUT2D eigenvalue weighted by atomic mass is 10.3. The third-order valence-electron chi connectivity index (χ3n) is 3.20. The van der Waals surface area contributed by atoms with Crippen molar-refractivity contribution in [2.24, 2.45) is 0 Å². The van der Waals surface area contributed by atoms with Crippen LogP contribution in [0.5, 0.6) is 11.5 Å². The molecular weight excluding hydrogens is 354 g/mol. The first-order valence-corrected chi connectivity index (χ1v) is 8.46. The summed E-state index contributed by atoms with van der Waals surface area (Å²) in [5.41, 5.74) is 0.474. The minimum atomic E-state index is -0.768. The van der Waals surface area contributed by atoms with E-state index in [1.54, 1.807) is 55.6 Å². The van der Waals surface area contributed by atoms with E-state index in [1.165, 1.54) is 0 Å². The maximum atomic E-state index is 11.8. The average molecular weight is 371 g/mol. The molecule has 0 heterocycles. The summed E-state index contributed by atoms with van der Waals surface area (Å²) in [4.78, 5) is 24.3. The molecule has 0 fully saturated rings. The molecule has 0 radical (unpaired) electrons. The van der Waals surface area contributed by atoms with Gasteiger partial charge in [-0.3, -0.25) is 9.59 Å². The molecule has 0 spiro atoms. The van der Waals surface area contributed by atoms with Crippen LogP contribution in [-0.2, 0) is 9.59 Å². The second-order valence-electron chi connectivity index (χ2n) is 4.95. The second-order valence-corrected chi connectivity index (χ2v) is 5.81. The quantitative estimate of drug-likeness (QED) is 0.335. The predicted molar refractivity (Wildman–Crippen MR) is 98.0 cm³/mol. The second kappa shape index (κ2) is 9.96. The van der Waals surface area contributed by atoms with Crippen LogP contribution in [0.2, 0.25) is 0 Å². The molecule has 0 aliphatic carbocycles. The Bertz CT molecular complexity index is 786. The zero-order valence-corrected chi connectivity index (χ0v) is 14.8. The van der Waals surface area contributed by atoms with E-state index in [0.29, 0.717) is 11.4 Å². The van der Waals surface area contributed by atoms with Gasteiger partial charge < -0.3 is 20.1 Å².